The van der Waals surface area contributed by atoms with Gasteiger partial charge in [0, 0.05) is 18.4 Å². The molecule has 4 aromatic rings. The van der Waals surface area contributed by atoms with E-state index in [2.05, 4.69) is 10.3 Å². The summed E-state index contributed by atoms with van der Waals surface area (Å²) in [4.78, 5) is 28.4. The summed E-state index contributed by atoms with van der Waals surface area (Å²) in [5.74, 6) is -0.643. The largest absolute Gasteiger partial charge is 0.419 e. The summed E-state index contributed by atoms with van der Waals surface area (Å²) < 4.78 is 6.63. The molecule has 0 atom stereocenters. The van der Waals surface area contributed by atoms with Crippen molar-refractivity contribution in [3.8, 4) is 0 Å². The standard InChI is InChI=1S/C19H15N3O3/c23-18(21-14-11-13-5-1-2-6-15(13)20-12-14)9-10-22-16-7-3-4-8-17(16)25-19(22)24/h1-8,11-12H,9-10H2,(H,21,23). The Morgan fingerprint density at radius 2 is 1.92 bits per heavy atom. The van der Waals surface area contributed by atoms with Crippen molar-refractivity contribution in [3.05, 3.63) is 71.3 Å². The summed E-state index contributed by atoms with van der Waals surface area (Å²) in [7, 11) is 0. The minimum absolute atomic E-state index is 0.163. The number of fused-ring (bicyclic) bond motifs is 2. The van der Waals surface area contributed by atoms with E-state index < -0.39 is 5.76 Å². The van der Waals surface area contributed by atoms with E-state index >= 15 is 0 Å². The molecule has 0 saturated heterocycles. The van der Waals surface area contributed by atoms with Crippen LogP contribution in [0.3, 0.4) is 0 Å². The number of para-hydroxylation sites is 3. The average Bonchev–Trinajstić information content (AvgIpc) is 2.95. The highest BCUT2D eigenvalue weighted by Crippen LogP contribution is 2.16. The van der Waals surface area contributed by atoms with E-state index in [0.29, 0.717) is 16.8 Å². The monoisotopic (exact) mass is 333 g/mol. The zero-order chi connectivity index (χ0) is 17.2. The summed E-state index contributed by atoms with van der Waals surface area (Å²) in [6, 6.07) is 16.7. The van der Waals surface area contributed by atoms with Crippen LogP contribution in [0.4, 0.5) is 5.69 Å². The number of hydrogen-bond donors (Lipinski definition) is 1. The van der Waals surface area contributed by atoms with Gasteiger partial charge in [-0.2, -0.15) is 0 Å². The molecule has 0 saturated carbocycles. The molecule has 6 heteroatoms. The highest BCUT2D eigenvalue weighted by atomic mass is 16.4. The summed E-state index contributed by atoms with van der Waals surface area (Å²) in [5, 5.41) is 3.77. The van der Waals surface area contributed by atoms with Crippen LogP contribution in [0.15, 0.2) is 70.0 Å². The third-order valence-corrected chi connectivity index (χ3v) is 4.01. The minimum atomic E-state index is -0.457. The zero-order valence-corrected chi connectivity index (χ0v) is 13.3. The lowest BCUT2D eigenvalue weighted by atomic mass is 10.2. The maximum atomic E-state index is 12.2. The predicted octanol–water partition coefficient (Wildman–Crippen LogP) is 3.17. The quantitative estimate of drug-likeness (QED) is 0.622. The number of benzene rings is 2. The lowest BCUT2D eigenvalue weighted by molar-refractivity contribution is -0.116. The van der Waals surface area contributed by atoms with E-state index in [1.165, 1.54) is 4.57 Å². The van der Waals surface area contributed by atoms with Gasteiger partial charge in [-0.25, -0.2) is 4.79 Å². The molecule has 1 N–H and O–H groups in total. The van der Waals surface area contributed by atoms with E-state index in [1.54, 1.807) is 24.4 Å². The molecule has 0 aliphatic heterocycles. The highest BCUT2D eigenvalue weighted by molar-refractivity contribution is 5.93. The number of nitrogens with one attached hydrogen (secondary N) is 1. The fraction of sp³-hybridized carbons (Fsp3) is 0.105. The van der Waals surface area contributed by atoms with Gasteiger partial charge in [-0.1, -0.05) is 30.3 Å². The summed E-state index contributed by atoms with van der Waals surface area (Å²) in [6.07, 6.45) is 1.79. The number of hydrogen-bond acceptors (Lipinski definition) is 4. The number of aromatic nitrogens is 2. The fourth-order valence-corrected chi connectivity index (χ4v) is 2.80. The normalized spacial score (nSPS) is 11.0. The number of amides is 1. The van der Waals surface area contributed by atoms with Crippen molar-refractivity contribution in [1.82, 2.24) is 9.55 Å². The Labute approximate surface area is 142 Å². The Morgan fingerprint density at radius 3 is 2.84 bits per heavy atom. The second-order valence-electron chi connectivity index (χ2n) is 5.70. The van der Waals surface area contributed by atoms with Crippen LogP contribution in [0.25, 0.3) is 22.0 Å². The van der Waals surface area contributed by atoms with Gasteiger partial charge in [-0.05, 0) is 24.3 Å². The Kier molecular flexibility index (Phi) is 3.78. The van der Waals surface area contributed by atoms with Crippen LogP contribution in [0.2, 0.25) is 0 Å². The molecule has 0 bridgehead atoms. The third kappa shape index (κ3) is 3.01. The first-order valence-corrected chi connectivity index (χ1v) is 7.94. The number of carbonyl (C=O) groups excluding carboxylic acids is 1. The van der Waals surface area contributed by atoms with E-state index in [9.17, 15) is 9.59 Å². The summed E-state index contributed by atoms with van der Waals surface area (Å²) >= 11 is 0. The highest BCUT2D eigenvalue weighted by Gasteiger charge is 2.10. The molecule has 25 heavy (non-hydrogen) atoms. The van der Waals surface area contributed by atoms with Gasteiger partial charge in [0.1, 0.15) is 0 Å². The topological polar surface area (TPSA) is 77.1 Å². The smallest absolute Gasteiger partial charge is 0.408 e. The van der Waals surface area contributed by atoms with Gasteiger partial charge in [-0.15, -0.1) is 0 Å². The van der Waals surface area contributed by atoms with Gasteiger partial charge < -0.3 is 9.73 Å². The van der Waals surface area contributed by atoms with Crippen molar-refractivity contribution >= 4 is 33.6 Å². The Hall–Kier alpha value is -3.41. The number of pyridine rings is 1. The van der Waals surface area contributed by atoms with Crippen LogP contribution in [-0.2, 0) is 11.3 Å². The molecule has 124 valence electrons. The fourth-order valence-electron chi connectivity index (χ4n) is 2.80. The molecule has 0 aliphatic carbocycles. The molecule has 2 aromatic carbocycles. The number of aryl methyl sites for hydroxylation is 1. The first-order valence-electron chi connectivity index (χ1n) is 7.94. The molecular weight excluding hydrogens is 318 g/mol. The van der Waals surface area contributed by atoms with Crippen molar-refractivity contribution in [3.63, 3.8) is 0 Å². The van der Waals surface area contributed by atoms with E-state index in [0.717, 1.165) is 10.9 Å². The van der Waals surface area contributed by atoms with Crippen molar-refractivity contribution in [2.45, 2.75) is 13.0 Å². The Bertz CT molecular complexity index is 1130. The van der Waals surface area contributed by atoms with Gasteiger partial charge in [0.25, 0.3) is 0 Å². The molecule has 4 rings (SSSR count). The van der Waals surface area contributed by atoms with Crippen molar-refractivity contribution in [2.24, 2.45) is 0 Å². The number of oxazole rings is 1. The van der Waals surface area contributed by atoms with Crippen LogP contribution < -0.4 is 11.1 Å². The van der Waals surface area contributed by atoms with Crippen molar-refractivity contribution < 1.29 is 9.21 Å². The van der Waals surface area contributed by atoms with Crippen molar-refractivity contribution in [1.29, 1.82) is 0 Å². The van der Waals surface area contributed by atoms with E-state index in [4.69, 9.17) is 4.42 Å². The molecule has 0 radical (unpaired) electrons. The average molecular weight is 333 g/mol. The van der Waals surface area contributed by atoms with Crippen LogP contribution in [0.1, 0.15) is 6.42 Å². The van der Waals surface area contributed by atoms with Crippen LogP contribution in [0.5, 0.6) is 0 Å². The Balaban J connectivity index is 1.48. The van der Waals surface area contributed by atoms with Crippen molar-refractivity contribution in [2.75, 3.05) is 5.32 Å². The lowest BCUT2D eigenvalue weighted by Crippen LogP contribution is -2.19. The minimum Gasteiger partial charge on any atom is -0.408 e. The predicted molar refractivity (Wildman–Crippen MR) is 95.5 cm³/mol. The maximum absolute atomic E-state index is 12.2. The van der Waals surface area contributed by atoms with Gasteiger partial charge in [0.05, 0.1) is 22.9 Å². The van der Waals surface area contributed by atoms with Gasteiger partial charge in [0.15, 0.2) is 5.58 Å². The molecule has 0 aliphatic rings. The molecule has 0 spiro atoms. The first kappa shape index (κ1) is 15.1. The van der Waals surface area contributed by atoms with Gasteiger partial charge >= 0.3 is 5.76 Å². The molecular formula is C19H15N3O3. The molecule has 6 nitrogen and oxygen atoms in total. The molecule has 2 heterocycles. The number of anilines is 1. The Morgan fingerprint density at radius 1 is 1.12 bits per heavy atom. The summed E-state index contributed by atoms with van der Waals surface area (Å²) in [6.45, 7) is 0.253. The maximum Gasteiger partial charge on any atom is 0.419 e. The number of carbonyl (C=O) groups is 1. The zero-order valence-electron chi connectivity index (χ0n) is 13.3. The molecule has 0 fully saturated rings. The lowest BCUT2D eigenvalue weighted by Gasteiger charge is -2.06. The SMILES string of the molecule is O=C(CCn1c(=O)oc2ccccc21)Nc1cnc2ccccc2c1. The molecule has 2 aromatic heterocycles. The third-order valence-electron chi connectivity index (χ3n) is 4.01. The molecule has 0 unspecified atom stereocenters. The van der Waals surface area contributed by atoms with Crippen LogP contribution in [0, 0.1) is 0 Å². The van der Waals surface area contributed by atoms with E-state index in [1.807, 2.05) is 36.4 Å². The van der Waals surface area contributed by atoms with Gasteiger partial charge in [0.2, 0.25) is 5.91 Å². The van der Waals surface area contributed by atoms with E-state index in [-0.39, 0.29) is 18.9 Å². The van der Waals surface area contributed by atoms with Crippen LogP contribution in [-0.4, -0.2) is 15.5 Å². The van der Waals surface area contributed by atoms with Gasteiger partial charge in [-0.3, -0.25) is 14.3 Å². The second-order valence-corrected chi connectivity index (χ2v) is 5.70. The summed E-state index contributed by atoms with van der Waals surface area (Å²) in [5.41, 5.74) is 2.71. The number of nitrogens with zero attached hydrogens (tertiary/aromatic N) is 2. The first-order chi connectivity index (χ1) is 12.2. The van der Waals surface area contributed by atoms with Crippen LogP contribution >= 0.6 is 0 Å². The second kappa shape index (κ2) is 6.24. The molecule has 1 amide bonds. The number of rotatable bonds is 4.